The van der Waals surface area contributed by atoms with Crippen LogP contribution in [-0.4, -0.2) is 5.78 Å². The van der Waals surface area contributed by atoms with Gasteiger partial charge in [0.2, 0.25) is 0 Å². The zero-order valence-corrected chi connectivity index (χ0v) is 6.13. The van der Waals surface area contributed by atoms with Crippen molar-refractivity contribution in [2.75, 3.05) is 0 Å². The molecule has 2 nitrogen and oxygen atoms in total. The summed E-state index contributed by atoms with van der Waals surface area (Å²) < 4.78 is 0. The van der Waals surface area contributed by atoms with Gasteiger partial charge in [-0.05, 0) is 12.3 Å². The number of carbonyl (C=O) groups is 1. The molecule has 0 aromatic carbocycles. The summed E-state index contributed by atoms with van der Waals surface area (Å²) in [5.74, 6) is 0.986. The molecule has 0 spiro atoms. The molecule has 1 rings (SSSR count). The number of rotatable bonds is 3. The quantitative estimate of drug-likeness (QED) is 0.591. The minimum Gasteiger partial charge on any atom is -0.298 e. The highest BCUT2D eigenvalue weighted by Crippen LogP contribution is 2.42. The molecule has 1 saturated carbocycles. The largest absolute Gasteiger partial charge is 0.298 e. The second-order valence-electron chi connectivity index (χ2n) is 2.81. The van der Waals surface area contributed by atoms with Crippen molar-refractivity contribution in [3.05, 3.63) is 0 Å². The molecule has 10 heavy (non-hydrogen) atoms. The van der Waals surface area contributed by atoms with Gasteiger partial charge in [0, 0.05) is 5.92 Å². The van der Waals surface area contributed by atoms with E-state index in [1.807, 2.05) is 6.07 Å². The van der Waals surface area contributed by atoms with Crippen LogP contribution in [0.1, 0.15) is 26.2 Å². The average Bonchev–Trinajstić information content (AvgIpc) is 2.66. The fourth-order valence-electron chi connectivity index (χ4n) is 1.30. The van der Waals surface area contributed by atoms with Crippen LogP contribution in [0, 0.1) is 23.2 Å². The Bertz CT molecular complexity index is 180. The van der Waals surface area contributed by atoms with Gasteiger partial charge >= 0.3 is 0 Å². The first-order valence-electron chi connectivity index (χ1n) is 3.69. The molecule has 2 atom stereocenters. The van der Waals surface area contributed by atoms with E-state index in [4.69, 9.17) is 5.26 Å². The molecule has 0 N–H and O–H groups in total. The molecular formula is C8H11NO. The Kier molecular flexibility index (Phi) is 2.06. The van der Waals surface area contributed by atoms with Crippen LogP contribution in [0.4, 0.5) is 0 Å². The van der Waals surface area contributed by atoms with Crippen LogP contribution >= 0.6 is 0 Å². The van der Waals surface area contributed by atoms with Crippen LogP contribution in [-0.2, 0) is 4.79 Å². The van der Waals surface area contributed by atoms with Crippen LogP contribution in [0.5, 0.6) is 0 Å². The zero-order chi connectivity index (χ0) is 7.56. The van der Waals surface area contributed by atoms with Crippen LogP contribution in [0.25, 0.3) is 0 Å². The van der Waals surface area contributed by atoms with Gasteiger partial charge in [0.1, 0.15) is 5.78 Å². The summed E-state index contributed by atoms with van der Waals surface area (Å²) in [4.78, 5) is 11.0. The van der Waals surface area contributed by atoms with E-state index < -0.39 is 0 Å². The number of hydrogen-bond donors (Lipinski definition) is 0. The second kappa shape index (κ2) is 2.83. The van der Waals surface area contributed by atoms with Crippen molar-refractivity contribution < 1.29 is 4.79 Å². The summed E-state index contributed by atoms with van der Waals surface area (Å²) in [6.07, 6.45) is 2.22. The number of nitriles is 1. The third-order valence-electron chi connectivity index (χ3n) is 2.11. The third kappa shape index (κ3) is 1.36. The lowest BCUT2D eigenvalue weighted by atomic mass is 10.1. The predicted octanol–water partition coefficient (Wildman–Crippen LogP) is 1.52. The molecule has 2 heteroatoms. The van der Waals surface area contributed by atoms with Gasteiger partial charge in [-0.1, -0.05) is 13.3 Å². The van der Waals surface area contributed by atoms with E-state index in [1.54, 1.807) is 0 Å². The molecule has 0 saturated heterocycles. The van der Waals surface area contributed by atoms with Gasteiger partial charge in [-0.3, -0.25) is 4.79 Å². The topological polar surface area (TPSA) is 40.9 Å². The van der Waals surface area contributed by atoms with Gasteiger partial charge in [0.15, 0.2) is 0 Å². The monoisotopic (exact) mass is 137 g/mol. The zero-order valence-electron chi connectivity index (χ0n) is 6.13. The van der Waals surface area contributed by atoms with E-state index in [2.05, 4.69) is 6.92 Å². The average molecular weight is 137 g/mol. The highest BCUT2D eigenvalue weighted by molar-refractivity contribution is 5.85. The van der Waals surface area contributed by atoms with Crippen LogP contribution < -0.4 is 0 Å². The van der Waals surface area contributed by atoms with E-state index in [-0.39, 0.29) is 18.1 Å². The van der Waals surface area contributed by atoms with Crippen molar-refractivity contribution in [1.29, 1.82) is 5.26 Å². The fourth-order valence-corrected chi connectivity index (χ4v) is 1.30. The third-order valence-corrected chi connectivity index (χ3v) is 2.11. The summed E-state index contributed by atoms with van der Waals surface area (Å²) in [5, 5.41) is 8.20. The van der Waals surface area contributed by atoms with Crippen molar-refractivity contribution in [3.63, 3.8) is 0 Å². The summed E-state index contributed by atoms with van der Waals surface area (Å²) in [7, 11) is 0. The molecular weight excluding hydrogens is 126 g/mol. The molecule has 0 aliphatic heterocycles. The van der Waals surface area contributed by atoms with Crippen molar-refractivity contribution in [3.8, 4) is 6.07 Å². The Morgan fingerprint density at radius 3 is 2.90 bits per heavy atom. The van der Waals surface area contributed by atoms with E-state index in [1.165, 1.54) is 0 Å². The summed E-state index contributed by atoms with van der Waals surface area (Å²) in [5.41, 5.74) is 0. The number of Topliss-reactive ketones (excluding diaryl/α,β-unsaturated/α-hetero) is 1. The van der Waals surface area contributed by atoms with Gasteiger partial charge in [-0.25, -0.2) is 0 Å². The van der Waals surface area contributed by atoms with Gasteiger partial charge in [-0.15, -0.1) is 0 Å². The highest BCUT2D eigenvalue weighted by Gasteiger charge is 2.40. The lowest BCUT2D eigenvalue weighted by molar-refractivity contribution is -0.119. The highest BCUT2D eigenvalue weighted by atomic mass is 16.1. The van der Waals surface area contributed by atoms with E-state index >= 15 is 0 Å². The number of hydrogen-bond acceptors (Lipinski definition) is 2. The molecule has 0 aromatic heterocycles. The summed E-state index contributed by atoms with van der Waals surface area (Å²) in [6.45, 7) is 2.09. The molecule has 0 radical (unpaired) electrons. The van der Waals surface area contributed by atoms with Crippen LogP contribution in [0.3, 0.4) is 0 Å². The van der Waals surface area contributed by atoms with Gasteiger partial charge in [-0.2, -0.15) is 5.26 Å². The van der Waals surface area contributed by atoms with Crippen molar-refractivity contribution in [1.82, 2.24) is 0 Å². The maximum atomic E-state index is 11.0. The molecule has 0 heterocycles. The minimum absolute atomic E-state index is 0.112. The Morgan fingerprint density at radius 2 is 2.50 bits per heavy atom. The maximum Gasteiger partial charge on any atom is 0.150 e. The standard InChI is InChI=1S/C8H11NO/c1-2-6-5-7(6)8(10)3-4-9/h6-7H,2-3,5H2,1H3/t6-,7-/m1/s1. The summed E-state index contributed by atoms with van der Waals surface area (Å²) >= 11 is 0. The Labute approximate surface area is 60.8 Å². The normalized spacial score (nSPS) is 29.2. The first-order valence-corrected chi connectivity index (χ1v) is 3.69. The molecule has 0 amide bonds. The Hall–Kier alpha value is -0.840. The number of carbonyl (C=O) groups excluding carboxylic acids is 1. The van der Waals surface area contributed by atoms with Crippen molar-refractivity contribution in [2.45, 2.75) is 26.2 Å². The second-order valence-corrected chi connectivity index (χ2v) is 2.81. The minimum atomic E-state index is 0.112. The van der Waals surface area contributed by atoms with Crippen LogP contribution in [0.15, 0.2) is 0 Å². The van der Waals surface area contributed by atoms with Gasteiger partial charge in [0.05, 0.1) is 12.5 Å². The van der Waals surface area contributed by atoms with Gasteiger partial charge < -0.3 is 0 Å². The summed E-state index contributed by atoms with van der Waals surface area (Å²) in [6, 6.07) is 1.88. The predicted molar refractivity (Wildman–Crippen MR) is 37.1 cm³/mol. The Morgan fingerprint density at radius 1 is 1.80 bits per heavy atom. The molecule has 0 aromatic rings. The SMILES string of the molecule is CC[C@@H]1C[C@H]1C(=O)CC#N. The molecule has 0 unspecified atom stereocenters. The Balaban J connectivity index is 2.27. The smallest absolute Gasteiger partial charge is 0.150 e. The molecule has 1 aliphatic rings. The number of nitrogens with zero attached hydrogens (tertiary/aromatic N) is 1. The lowest BCUT2D eigenvalue weighted by Gasteiger charge is -1.89. The molecule has 0 bridgehead atoms. The van der Waals surface area contributed by atoms with E-state index in [9.17, 15) is 4.79 Å². The molecule has 1 fully saturated rings. The maximum absolute atomic E-state index is 11.0. The number of ketones is 1. The van der Waals surface area contributed by atoms with Gasteiger partial charge in [0.25, 0.3) is 0 Å². The first kappa shape index (κ1) is 7.27. The van der Waals surface area contributed by atoms with Crippen LogP contribution in [0.2, 0.25) is 0 Å². The molecule has 54 valence electrons. The fraction of sp³-hybridized carbons (Fsp3) is 0.750. The van der Waals surface area contributed by atoms with Crippen molar-refractivity contribution in [2.24, 2.45) is 11.8 Å². The molecule has 1 aliphatic carbocycles. The lowest BCUT2D eigenvalue weighted by Crippen LogP contribution is -1.99. The van der Waals surface area contributed by atoms with E-state index in [0.717, 1.165) is 12.8 Å². The van der Waals surface area contributed by atoms with Crippen molar-refractivity contribution >= 4 is 5.78 Å². The van der Waals surface area contributed by atoms with E-state index in [0.29, 0.717) is 5.92 Å². The first-order chi connectivity index (χ1) is 4.79.